The SMILES string of the molecule is Brc1ccc(CNCc2cn[nH]c2-c2cccs2)cc1. The molecule has 3 nitrogen and oxygen atoms in total. The van der Waals surface area contributed by atoms with Crippen molar-refractivity contribution < 1.29 is 0 Å². The first-order valence-corrected chi connectivity index (χ1v) is 8.01. The van der Waals surface area contributed by atoms with E-state index in [4.69, 9.17) is 0 Å². The predicted octanol–water partition coefficient (Wildman–Crippen LogP) is 4.19. The molecule has 2 N–H and O–H groups in total. The molecule has 0 aliphatic rings. The number of rotatable bonds is 5. The van der Waals surface area contributed by atoms with Crippen molar-refractivity contribution in [1.29, 1.82) is 0 Å². The van der Waals surface area contributed by atoms with Crippen molar-refractivity contribution in [3.63, 3.8) is 0 Å². The maximum absolute atomic E-state index is 4.15. The summed E-state index contributed by atoms with van der Waals surface area (Å²) in [6.45, 7) is 1.65. The molecule has 0 atom stereocenters. The molecule has 0 unspecified atom stereocenters. The molecule has 102 valence electrons. The fraction of sp³-hybridized carbons (Fsp3) is 0.133. The Morgan fingerprint density at radius 3 is 2.75 bits per heavy atom. The molecule has 2 aromatic heterocycles. The topological polar surface area (TPSA) is 40.7 Å². The Labute approximate surface area is 130 Å². The van der Waals surface area contributed by atoms with Crippen LogP contribution in [0.15, 0.2) is 52.4 Å². The minimum Gasteiger partial charge on any atom is -0.308 e. The van der Waals surface area contributed by atoms with E-state index in [0.717, 1.165) is 23.3 Å². The lowest BCUT2D eigenvalue weighted by atomic mass is 10.2. The second-order valence-corrected chi connectivity index (χ2v) is 6.34. The van der Waals surface area contributed by atoms with Crippen molar-refractivity contribution >= 4 is 27.3 Å². The molecule has 0 amide bonds. The number of thiophene rings is 1. The zero-order chi connectivity index (χ0) is 13.8. The molecule has 0 bridgehead atoms. The van der Waals surface area contributed by atoms with Gasteiger partial charge in [-0.15, -0.1) is 11.3 Å². The summed E-state index contributed by atoms with van der Waals surface area (Å²) in [4.78, 5) is 1.22. The van der Waals surface area contributed by atoms with Gasteiger partial charge in [0.25, 0.3) is 0 Å². The Kier molecular flexibility index (Phi) is 4.30. The van der Waals surface area contributed by atoms with E-state index in [1.807, 2.05) is 6.20 Å². The minimum absolute atomic E-state index is 0.805. The Morgan fingerprint density at radius 1 is 1.15 bits per heavy atom. The van der Waals surface area contributed by atoms with Crippen LogP contribution in [-0.4, -0.2) is 10.2 Å². The van der Waals surface area contributed by atoms with Crippen LogP contribution in [0.3, 0.4) is 0 Å². The van der Waals surface area contributed by atoms with Gasteiger partial charge in [-0.05, 0) is 29.1 Å². The zero-order valence-corrected chi connectivity index (χ0v) is 13.2. The van der Waals surface area contributed by atoms with Crippen LogP contribution in [0.1, 0.15) is 11.1 Å². The molecule has 0 saturated heterocycles. The summed E-state index contributed by atoms with van der Waals surface area (Å²) in [5.74, 6) is 0. The Balaban J connectivity index is 1.62. The minimum atomic E-state index is 0.805. The number of H-pyrrole nitrogens is 1. The molecule has 5 heteroatoms. The fourth-order valence-electron chi connectivity index (χ4n) is 2.02. The van der Waals surface area contributed by atoms with Crippen molar-refractivity contribution in [2.45, 2.75) is 13.1 Å². The first-order chi connectivity index (χ1) is 9.83. The highest BCUT2D eigenvalue weighted by atomic mass is 79.9. The van der Waals surface area contributed by atoms with Gasteiger partial charge in [-0.25, -0.2) is 0 Å². The normalized spacial score (nSPS) is 10.8. The van der Waals surface area contributed by atoms with Crippen LogP contribution >= 0.6 is 27.3 Å². The number of aromatic nitrogens is 2. The number of halogens is 1. The molecule has 0 aliphatic heterocycles. The van der Waals surface area contributed by atoms with E-state index in [-0.39, 0.29) is 0 Å². The van der Waals surface area contributed by atoms with Crippen LogP contribution in [0.25, 0.3) is 10.6 Å². The van der Waals surface area contributed by atoms with E-state index in [0.29, 0.717) is 0 Å². The molecule has 0 saturated carbocycles. The average molecular weight is 348 g/mol. The Hall–Kier alpha value is -1.43. The van der Waals surface area contributed by atoms with Gasteiger partial charge in [-0.2, -0.15) is 5.10 Å². The van der Waals surface area contributed by atoms with Gasteiger partial charge in [0.15, 0.2) is 0 Å². The van der Waals surface area contributed by atoms with Crippen molar-refractivity contribution in [2.75, 3.05) is 0 Å². The first kappa shape index (κ1) is 13.5. The summed E-state index contributed by atoms with van der Waals surface area (Å²) in [6, 6.07) is 12.5. The molecule has 20 heavy (non-hydrogen) atoms. The number of hydrogen-bond acceptors (Lipinski definition) is 3. The highest BCUT2D eigenvalue weighted by Crippen LogP contribution is 2.25. The quantitative estimate of drug-likeness (QED) is 0.726. The Morgan fingerprint density at radius 2 is 2.00 bits per heavy atom. The molecule has 0 spiro atoms. The molecule has 3 aromatic rings. The fourth-order valence-corrected chi connectivity index (χ4v) is 3.04. The van der Waals surface area contributed by atoms with Crippen molar-refractivity contribution in [3.05, 3.63) is 63.6 Å². The summed E-state index contributed by atoms with van der Waals surface area (Å²) in [6.07, 6.45) is 1.89. The van der Waals surface area contributed by atoms with Crippen LogP contribution < -0.4 is 5.32 Å². The molecular formula is C15H14BrN3S. The molecule has 2 heterocycles. The number of hydrogen-bond donors (Lipinski definition) is 2. The predicted molar refractivity (Wildman–Crippen MR) is 86.6 cm³/mol. The van der Waals surface area contributed by atoms with Crippen molar-refractivity contribution in [2.24, 2.45) is 0 Å². The van der Waals surface area contributed by atoms with Gasteiger partial charge in [0.05, 0.1) is 16.8 Å². The summed E-state index contributed by atoms with van der Waals surface area (Å²) >= 11 is 5.17. The maximum Gasteiger partial charge on any atom is 0.0794 e. The van der Waals surface area contributed by atoms with Crippen molar-refractivity contribution in [1.82, 2.24) is 15.5 Å². The van der Waals surface area contributed by atoms with E-state index >= 15 is 0 Å². The lowest BCUT2D eigenvalue weighted by molar-refractivity contribution is 0.694. The highest BCUT2D eigenvalue weighted by molar-refractivity contribution is 9.10. The summed E-state index contributed by atoms with van der Waals surface area (Å²) < 4.78 is 1.11. The number of nitrogens with one attached hydrogen (secondary N) is 2. The van der Waals surface area contributed by atoms with E-state index in [2.05, 4.69) is 73.2 Å². The van der Waals surface area contributed by atoms with Gasteiger partial charge in [0.2, 0.25) is 0 Å². The molecule has 1 aromatic carbocycles. The maximum atomic E-state index is 4.15. The van der Waals surface area contributed by atoms with Crippen LogP contribution in [0.5, 0.6) is 0 Å². The first-order valence-electron chi connectivity index (χ1n) is 6.34. The van der Waals surface area contributed by atoms with E-state index in [9.17, 15) is 0 Å². The van der Waals surface area contributed by atoms with E-state index in [1.165, 1.54) is 16.0 Å². The summed E-state index contributed by atoms with van der Waals surface area (Å²) in [5.41, 5.74) is 3.59. The summed E-state index contributed by atoms with van der Waals surface area (Å²) in [7, 11) is 0. The molecule has 0 fully saturated rings. The van der Waals surface area contributed by atoms with Crippen LogP contribution in [-0.2, 0) is 13.1 Å². The Bertz CT molecular complexity index is 659. The monoisotopic (exact) mass is 347 g/mol. The van der Waals surface area contributed by atoms with Gasteiger partial charge in [-0.3, -0.25) is 5.10 Å². The second kappa shape index (κ2) is 6.35. The van der Waals surface area contributed by atoms with Crippen LogP contribution in [0, 0.1) is 0 Å². The summed E-state index contributed by atoms with van der Waals surface area (Å²) in [5, 5.41) is 12.8. The van der Waals surface area contributed by atoms with Gasteiger partial charge in [0.1, 0.15) is 0 Å². The van der Waals surface area contributed by atoms with E-state index in [1.54, 1.807) is 11.3 Å². The van der Waals surface area contributed by atoms with Gasteiger partial charge >= 0.3 is 0 Å². The number of aromatic amines is 1. The third-order valence-electron chi connectivity index (χ3n) is 3.04. The zero-order valence-electron chi connectivity index (χ0n) is 10.8. The lowest BCUT2D eigenvalue weighted by Crippen LogP contribution is -2.12. The largest absolute Gasteiger partial charge is 0.308 e. The third-order valence-corrected chi connectivity index (χ3v) is 4.46. The lowest BCUT2D eigenvalue weighted by Gasteiger charge is -2.05. The standard InChI is InChI=1S/C15H14BrN3S/c16-13-5-3-11(4-6-13)8-17-9-12-10-18-19-15(12)14-2-1-7-20-14/h1-7,10,17H,8-9H2,(H,18,19). The van der Waals surface area contributed by atoms with Crippen LogP contribution in [0.4, 0.5) is 0 Å². The molecule has 3 rings (SSSR count). The van der Waals surface area contributed by atoms with Gasteiger partial charge in [-0.1, -0.05) is 34.1 Å². The molecule has 0 aliphatic carbocycles. The average Bonchev–Trinajstić information content (AvgIpc) is 3.11. The van der Waals surface area contributed by atoms with E-state index < -0.39 is 0 Å². The second-order valence-electron chi connectivity index (χ2n) is 4.48. The molecule has 0 radical (unpaired) electrons. The number of nitrogens with zero attached hydrogens (tertiary/aromatic N) is 1. The highest BCUT2D eigenvalue weighted by Gasteiger charge is 2.07. The molecular weight excluding hydrogens is 334 g/mol. The van der Waals surface area contributed by atoms with Gasteiger partial charge in [0, 0.05) is 23.1 Å². The van der Waals surface area contributed by atoms with Gasteiger partial charge < -0.3 is 5.32 Å². The van der Waals surface area contributed by atoms with Crippen LogP contribution in [0.2, 0.25) is 0 Å². The third kappa shape index (κ3) is 3.17. The van der Waals surface area contributed by atoms with Crippen molar-refractivity contribution in [3.8, 4) is 10.6 Å². The smallest absolute Gasteiger partial charge is 0.0794 e. The number of benzene rings is 1.